The third-order valence-electron chi connectivity index (χ3n) is 4.10. The number of benzene rings is 1. The molecule has 0 aliphatic carbocycles. The first-order valence-electron chi connectivity index (χ1n) is 7.84. The van der Waals surface area contributed by atoms with Crippen LogP contribution in [-0.2, 0) is 14.8 Å². The third kappa shape index (κ3) is 3.85. The van der Waals surface area contributed by atoms with Crippen LogP contribution in [0.3, 0.4) is 0 Å². The van der Waals surface area contributed by atoms with Crippen LogP contribution in [0.5, 0.6) is 0 Å². The largest absolute Gasteiger partial charge is 0.408 e. The van der Waals surface area contributed by atoms with Gasteiger partial charge in [-0.3, -0.25) is 10.1 Å². The first-order valence-corrected chi connectivity index (χ1v) is 10.0. The van der Waals surface area contributed by atoms with Gasteiger partial charge in [0.25, 0.3) is 0 Å². The molecule has 3 rings (SSSR count). The van der Waals surface area contributed by atoms with Crippen molar-refractivity contribution in [2.45, 2.75) is 24.7 Å². The molecule has 2 aromatic rings. The van der Waals surface area contributed by atoms with Crippen LogP contribution in [0.1, 0.15) is 18.7 Å². The van der Waals surface area contributed by atoms with Gasteiger partial charge in [-0.1, -0.05) is 34.4 Å². The van der Waals surface area contributed by atoms with Crippen LogP contribution in [0.4, 0.5) is 6.01 Å². The molecule has 26 heavy (non-hydrogen) atoms. The van der Waals surface area contributed by atoms with Gasteiger partial charge in [0.15, 0.2) is 0 Å². The summed E-state index contributed by atoms with van der Waals surface area (Å²) in [6, 6.07) is 4.57. The van der Waals surface area contributed by atoms with Crippen LogP contribution in [0.2, 0.25) is 10.0 Å². The lowest BCUT2D eigenvalue weighted by atomic mass is 9.97. The summed E-state index contributed by atoms with van der Waals surface area (Å²) < 4.78 is 32.1. The molecule has 1 amide bonds. The molecule has 1 aromatic carbocycles. The molecule has 140 valence electrons. The quantitative estimate of drug-likeness (QED) is 0.817. The minimum Gasteiger partial charge on any atom is -0.408 e. The zero-order valence-electron chi connectivity index (χ0n) is 13.8. The molecule has 0 unspecified atom stereocenters. The second-order valence-corrected chi connectivity index (χ2v) is 8.53. The number of aromatic nitrogens is 2. The minimum atomic E-state index is -3.83. The lowest BCUT2D eigenvalue weighted by Gasteiger charge is -2.30. The molecule has 0 bridgehead atoms. The fraction of sp³-hybridized carbons (Fsp3) is 0.400. The standard InChI is InChI=1S/C15H16Cl2N4O4S/c1-9-19-20-15(25-9)18-14(22)10-5-7-21(8-6-10)26(23,24)13-11(16)3-2-4-12(13)17/h2-4,10H,5-8H2,1H3,(H,18,20,22). The van der Waals surface area contributed by atoms with E-state index in [4.69, 9.17) is 27.6 Å². The number of sulfonamides is 1. The lowest BCUT2D eigenvalue weighted by molar-refractivity contribution is -0.121. The van der Waals surface area contributed by atoms with Crippen LogP contribution < -0.4 is 5.32 Å². The Morgan fingerprint density at radius 1 is 1.23 bits per heavy atom. The van der Waals surface area contributed by atoms with Crippen molar-refractivity contribution in [2.24, 2.45) is 5.92 Å². The molecular formula is C15H16Cl2N4O4S. The van der Waals surface area contributed by atoms with E-state index in [0.29, 0.717) is 18.7 Å². The van der Waals surface area contributed by atoms with Gasteiger partial charge in [-0.2, -0.15) is 4.31 Å². The maximum atomic E-state index is 12.8. The number of nitrogens with zero attached hydrogens (tertiary/aromatic N) is 3. The molecule has 1 aliphatic heterocycles. The number of rotatable bonds is 4. The van der Waals surface area contributed by atoms with E-state index in [1.807, 2.05) is 0 Å². The smallest absolute Gasteiger partial charge is 0.322 e. The van der Waals surface area contributed by atoms with Gasteiger partial charge in [0.2, 0.25) is 21.8 Å². The van der Waals surface area contributed by atoms with Crippen molar-refractivity contribution >= 4 is 45.1 Å². The number of carbonyl (C=O) groups excluding carboxylic acids is 1. The summed E-state index contributed by atoms with van der Waals surface area (Å²) >= 11 is 12.1. The number of piperidine rings is 1. The average Bonchev–Trinajstić information content (AvgIpc) is 2.99. The van der Waals surface area contributed by atoms with Crippen molar-refractivity contribution < 1.29 is 17.6 Å². The Bertz CT molecular complexity index is 903. The lowest BCUT2D eigenvalue weighted by Crippen LogP contribution is -2.41. The number of amides is 1. The van der Waals surface area contributed by atoms with Crippen LogP contribution in [0, 0.1) is 12.8 Å². The molecule has 0 radical (unpaired) electrons. The summed E-state index contributed by atoms with van der Waals surface area (Å²) in [6.45, 7) is 1.99. The Labute approximate surface area is 160 Å². The predicted molar refractivity (Wildman–Crippen MR) is 95.6 cm³/mol. The average molecular weight is 419 g/mol. The van der Waals surface area contributed by atoms with Crippen molar-refractivity contribution in [2.75, 3.05) is 18.4 Å². The summed E-state index contributed by atoms with van der Waals surface area (Å²) in [5.74, 6) is -0.283. The Kier molecular flexibility index (Phi) is 5.52. The first-order chi connectivity index (χ1) is 12.3. The van der Waals surface area contributed by atoms with Crippen LogP contribution in [0.15, 0.2) is 27.5 Å². The molecule has 2 heterocycles. The molecular weight excluding hydrogens is 403 g/mol. The Morgan fingerprint density at radius 2 is 1.85 bits per heavy atom. The zero-order valence-corrected chi connectivity index (χ0v) is 16.1. The number of halogens is 2. The van der Waals surface area contributed by atoms with E-state index in [-0.39, 0.29) is 45.9 Å². The van der Waals surface area contributed by atoms with Gasteiger partial charge in [-0.15, -0.1) is 5.10 Å². The van der Waals surface area contributed by atoms with Gasteiger partial charge < -0.3 is 4.42 Å². The van der Waals surface area contributed by atoms with Gasteiger partial charge in [0.05, 0.1) is 10.0 Å². The highest BCUT2D eigenvalue weighted by Gasteiger charge is 2.34. The van der Waals surface area contributed by atoms with Crippen molar-refractivity contribution in [1.82, 2.24) is 14.5 Å². The molecule has 0 atom stereocenters. The highest BCUT2D eigenvalue weighted by atomic mass is 35.5. The maximum Gasteiger partial charge on any atom is 0.322 e. The molecule has 0 spiro atoms. The van der Waals surface area contributed by atoms with E-state index in [9.17, 15) is 13.2 Å². The molecule has 1 aromatic heterocycles. The van der Waals surface area contributed by atoms with E-state index < -0.39 is 10.0 Å². The van der Waals surface area contributed by atoms with Gasteiger partial charge in [-0.25, -0.2) is 8.42 Å². The van der Waals surface area contributed by atoms with E-state index in [1.165, 1.54) is 16.4 Å². The minimum absolute atomic E-state index is 0.0328. The molecule has 1 aliphatic rings. The summed E-state index contributed by atoms with van der Waals surface area (Å²) in [7, 11) is -3.83. The summed E-state index contributed by atoms with van der Waals surface area (Å²) in [5.41, 5.74) is 0. The van der Waals surface area contributed by atoms with Gasteiger partial charge in [0.1, 0.15) is 4.90 Å². The highest BCUT2D eigenvalue weighted by molar-refractivity contribution is 7.89. The number of nitrogens with one attached hydrogen (secondary N) is 1. The molecule has 1 fully saturated rings. The zero-order chi connectivity index (χ0) is 18.9. The molecule has 8 nitrogen and oxygen atoms in total. The van der Waals surface area contributed by atoms with Crippen LogP contribution >= 0.6 is 23.2 Å². The summed E-state index contributed by atoms with van der Waals surface area (Å²) in [6.07, 6.45) is 0.723. The van der Waals surface area contributed by atoms with Crippen molar-refractivity contribution in [3.63, 3.8) is 0 Å². The van der Waals surface area contributed by atoms with Crippen LogP contribution in [0.25, 0.3) is 0 Å². The van der Waals surface area contributed by atoms with E-state index >= 15 is 0 Å². The Balaban J connectivity index is 1.67. The SMILES string of the molecule is Cc1nnc(NC(=O)C2CCN(S(=O)(=O)c3c(Cl)cccc3Cl)CC2)o1. The summed E-state index contributed by atoms with van der Waals surface area (Å²) in [4.78, 5) is 12.2. The fourth-order valence-electron chi connectivity index (χ4n) is 2.77. The highest BCUT2D eigenvalue weighted by Crippen LogP contribution is 2.33. The van der Waals surface area contributed by atoms with E-state index in [2.05, 4.69) is 15.5 Å². The maximum absolute atomic E-state index is 12.8. The predicted octanol–water partition coefficient (Wildman–Crippen LogP) is 2.72. The topological polar surface area (TPSA) is 105 Å². The second-order valence-electron chi connectivity index (χ2n) is 5.84. The monoisotopic (exact) mass is 418 g/mol. The van der Waals surface area contributed by atoms with Crippen molar-refractivity contribution in [3.05, 3.63) is 34.1 Å². The summed E-state index contributed by atoms with van der Waals surface area (Å²) in [5, 5.41) is 10.0. The van der Waals surface area contributed by atoms with Gasteiger partial charge in [-0.05, 0) is 25.0 Å². The van der Waals surface area contributed by atoms with E-state index in [0.717, 1.165) is 0 Å². The number of hydrogen-bond donors (Lipinski definition) is 1. The molecule has 1 saturated heterocycles. The van der Waals surface area contributed by atoms with Crippen LogP contribution in [-0.4, -0.2) is 41.9 Å². The fourth-order valence-corrected chi connectivity index (χ4v) is 5.33. The Hall–Kier alpha value is -1.68. The van der Waals surface area contributed by atoms with Gasteiger partial charge in [0, 0.05) is 25.9 Å². The number of hydrogen-bond acceptors (Lipinski definition) is 6. The van der Waals surface area contributed by atoms with Crippen molar-refractivity contribution in [3.8, 4) is 0 Å². The van der Waals surface area contributed by atoms with Gasteiger partial charge >= 0.3 is 6.01 Å². The molecule has 11 heteroatoms. The second kappa shape index (κ2) is 7.51. The number of anilines is 1. The number of aryl methyl sites for hydroxylation is 1. The third-order valence-corrected chi connectivity index (χ3v) is 6.95. The normalized spacial score (nSPS) is 16.6. The molecule has 0 saturated carbocycles. The number of carbonyl (C=O) groups is 1. The van der Waals surface area contributed by atoms with E-state index in [1.54, 1.807) is 13.0 Å². The molecule has 1 N–H and O–H groups in total. The van der Waals surface area contributed by atoms with Crippen molar-refractivity contribution in [1.29, 1.82) is 0 Å². The first kappa shape index (κ1) is 19.1. The Morgan fingerprint density at radius 3 is 2.38 bits per heavy atom.